The van der Waals surface area contributed by atoms with Crippen LogP contribution in [-0.2, 0) is 4.74 Å². The summed E-state index contributed by atoms with van der Waals surface area (Å²) in [5, 5.41) is 3.46. The molecule has 2 atom stereocenters. The predicted molar refractivity (Wildman–Crippen MR) is 74.5 cm³/mol. The first-order valence-corrected chi connectivity index (χ1v) is 6.75. The fourth-order valence-corrected chi connectivity index (χ4v) is 2.51. The Kier molecular flexibility index (Phi) is 3.94. The lowest BCUT2D eigenvalue weighted by Crippen LogP contribution is -2.58. The molecule has 5 nitrogen and oxygen atoms in total. The summed E-state index contributed by atoms with van der Waals surface area (Å²) in [7, 11) is 1.62. The first kappa shape index (κ1) is 14.1. The van der Waals surface area contributed by atoms with Gasteiger partial charge in [-0.15, -0.1) is 0 Å². The highest BCUT2D eigenvalue weighted by atomic mass is 16.5. The van der Waals surface area contributed by atoms with Crippen molar-refractivity contribution in [2.45, 2.75) is 46.3 Å². The van der Waals surface area contributed by atoms with Crippen LogP contribution in [0.3, 0.4) is 0 Å². The normalized spacial score (nSPS) is 24.7. The summed E-state index contributed by atoms with van der Waals surface area (Å²) < 4.78 is 10.9. The molecule has 1 aromatic heterocycles. The lowest BCUT2D eigenvalue weighted by atomic mass is 9.64. The summed E-state index contributed by atoms with van der Waals surface area (Å²) in [4.78, 5) is 8.58. The number of nitrogens with zero attached hydrogens (tertiary/aromatic N) is 2. The average Bonchev–Trinajstić information content (AvgIpc) is 2.37. The van der Waals surface area contributed by atoms with E-state index in [-0.39, 0.29) is 5.41 Å². The number of aryl methyl sites for hydroxylation is 1. The van der Waals surface area contributed by atoms with Crippen molar-refractivity contribution < 1.29 is 9.47 Å². The second-order valence-corrected chi connectivity index (χ2v) is 5.54. The Balaban J connectivity index is 2.05. The SMILES string of the molecule is CCOC1CC(Nc2cc(OC)nc(C)n2)C1(C)C. The molecule has 1 heterocycles. The fraction of sp³-hybridized carbons (Fsp3) is 0.714. The third-order valence-corrected chi connectivity index (χ3v) is 3.89. The number of nitrogens with one attached hydrogen (secondary N) is 1. The lowest BCUT2D eigenvalue weighted by molar-refractivity contribution is -0.0976. The van der Waals surface area contributed by atoms with E-state index in [1.54, 1.807) is 7.11 Å². The van der Waals surface area contributed by atoms with E-state index in [0.717, 1.165) is 18.8 Å². The Labute approximate surface area is 114 Å². The lowest BCUT2D eigenvalue weighted by Gasteiger charge is -2.51. The molecule has 0 aromatic carbocycles. The van der Waals surface area contributed by atoms with Crippen LogP contribution >= 0.6 is 0 Å². The van der Waals surface area contributed by atoms with Crippen LogP contribution in [0.1, 0.15) is 33.0 Å². The number of aromatic nitrogens is 2. The van der Waals surface area contributed by atoms with Gasteiger partial charge in [-0.2, -0.15) is 4.98 Å². The maximum absolute atomic E-state index is 5.73. The van der Waals surface area contributed by atoms with Gasteiger partial charge in [-0.05, 0) is 20.3 Å². The van der Waals surface area contributed by atoms with Gasteiger partial charge in [-0.3, -0.25) is 0 Å². The third-order valence-electron chi connectivity index (χ3n) is 3.89. The maximum atomic E-state index is 5.73. The van der Waals surface area contributed by atoms with Gasteiger partial charge in [0.25, 0.3) is 0 Å². The first-order valence-electron chi connectivity index (χ1n) is 6.75. The van der Waals surface area contributed by atoms with E-state index in [0.29, 0.717) is 23.9 Å². The van der Waals surface area contributed by atoms with E-state index >= 15 is 0 Å². The summed E-state index contributed by atoms with van der Waals surface area (Å²) in [6.07, 6.45) is 1.33. The van der Waals surface area contributed by atoms with Crippen molar-refractivity contribution in [1.29, 1.82) is 0 Å². The van der Waals surface area contributed by atoms with E-state index in [9.17, 15) is 0 Å². The zero-order valence-corrected chi connectivity index (χ0v) is 12.4. The molecule has 1 saturated carbocycles. The quantitative estimate of drug-likeness (QED) is 0.886. The van der Waals surface area contributed by atoms with Crippen molar-refractivity contribution >= 4 is 5.82 Å². The molecule has 0 spiro atoms. The van der Waals surface area contributed by atoms with Crippen molar-refractivity contribution in [3.8, 4) is 5.88 Å². The number of methoxy groups -OCH3 is 1. The van der Waals surface area contributed by atoms with Crippen LogP contribution in [0.4, 0.5) is 5.82 Å². The van der Waals surface area contributed by atoms with Crippen molar-refractivity contribution in [3.05, 3.63) is 11.9 Å². The number of ether oxygens (including phenoxy) is 2. The molecule has 1 aliphatic carbocycles. The molecule has 106 valence electrons. The van der Waals surface area contributed by atoms with Gasteiger partial charge in [-0.25, -0.2) is 4.98 Å². The molecule has 5 heteroatoms. The van der Waals surface area contributed by atoms with E-state index < -0.39 is 0 Å². The van der Waals surface area contributed by atoms with Crippen LogP contribution in [0.15, 0.2) is 6.07 Å². The third kappa shape index (κ3) is 2.81. The Morgan fingerprint density at radius 3 is 2.74 bits per heavy atom. The number of anilines is 1. The zero-order chi connectivity index (χ0) is 14.0. The molecule has 0 radical (unpaired) electrons. The molecular weight excluding hydrogens is 242 g/mol. The first-order chi connectivity index (χ1) is 8.97. The number of hydrogen-bond acceptors (Lipinski definition) is 5. The van der Waals surface area contributed by atoms with Gasteiger partial charge in [0.2, 0.25) is 5.88 Å². The minimum Gasteiger partial charge on any atom is -0.481 e. The van der Waals surface area contributed by atoms with Gasteiger partial charge in [0.05, 0.1) is 13.2 Å². The van der Waals surface area contributed by atoms with Crippen LogP contribution in [0.2, 0.25) is 0 Å². The fourth-order valence-electron chi connectivity index (χ4n) is 2.51. The second kappa shape index (κ2) is 5.33. The average molecular weight is 265 g/mol. The van der Waals surface area contributed by atoms with Crippen LogP contribution < -0.4 is 10.1 Å². The molecule has 0 saturated heterocycles. The monoisotopic (exact) mass is 265 g/mol. The summed E-state index contributed by atoms with van der Waals surface area (Å²) in [6.45, 7) is 9.11. The van der Waals surface area contributed by atoms with E-state index in [1.165, 1.54) is 0 Å². The summed E-state index contributed by atoms with van der Waals surface area (Å²) in [6, 6.07) is 2.19. The Bertz CT molecular complexity index is 448. The van der Waals surface area contributed by atoms with E-state index in [1.807, 2.05) is 19.9 Å². The molecule has 1 fully saturated rings. The Morgan fingerprint density at radius 2 is 2.16 bits per heavy atom. The molecule has 0 bridgehead atoms. The molecule has 0 amide bonds. The standard InChI is InChI=1S/C14H23N3O2/c1-6-19-11-7-10(14(11,3)4)17-12-8-13(18-5)16-9(2)15-12/h8,10-11H,6-7H2,1-5H3,(H,15,16,17). The van der Waals surface area contributed by atoms with Crippen LogP contribution in [0.5, 0.6) is 5.88 Å². The molecule has 19 heavy (non-hydrogen) atoms. The van der Waals surface area contributed by atoms with Crippen molar-refractivity contribution in [2.24, 2.45) is 5.41 Å². The summed E-state index contributed by atoms with van der Waals surface area (Å²) in [5.74, 6) is 2.12. The van der Waals surface area contributed by atoms with Crippen molar-refractivity contribution in [3.63, 3.8) is 0 Å². The minimum absolute atomic E-state index is 0.113. The maximum Gasteiger partial charge on any atom is 0.218 e. The highest BCUT2D eigenvalue weighted by molar-refractivity contribution is 5.41. The molecule has 2 rings (SSSR count). The molecule has 1 aromatic rings. The molecule has 1 N–H and O–H groups in total. The van der Waals surface area contributed by atoms with Gasteiger partial charge in [0.15, 0.2) is 0 Å². The highest BCUT2D eigenvalue weighted by Gasteiger charge is 2.49. The van der Waals surface area contributed by atoms with E-state index in [4.69, 9.17) is 9.47 Å². The van der Waals surface area contributed by atoms with E-state index in [2.05, 4.69) is 29.1 Å². The highest BCUT2D eigenvalue weighted by Crippen LogP contribution is 2.44. The smallest absolute Gasteiger partial charge is 0.218 e. The van der Waals surface area contributed by atoms with Crippen molar-refractivity contribution in [2.75, 3.05) is 19.0 Å². The molecule has 0 aliphatic heterocycles. The van der Waals surface area contributed by atoms with Crippen LogP contribution in [0, 0.1) is 12.3 Å². The predicted octanol–water partition coefficient (Wildman–Crippen LogP) is 2.41. The topological polar surface area (TPSA) is 56.3 Å². The zero-order valence-electron chi connectivity index (χ0n) is 12.4. The summed E-state index contributed by atoms with van der Waals surface area (Å²) >= 11 is 0. The van der Waals surface area contributed by atoms with Crippen LogP contribution in [0.25, 0.3) is 0 Å². The Hall–Kier alpha value is -1.36. The minimum atomic E-state index is 0.113. The van der Waals surface area contributed by atoms with Gasteiger partial charge in [0, 0.05) is 24.1 Å². The van der Waals surface area contributed by atoms with Crippen molar-refractivity contribution in [1.82, 2.24) is 9.97 Å². The van der Waals surface area contributed by atoms with Gasteiger partial charge < -0.3 is 14.8 Å². The van der Waals surface area contributed by atoms with Gasteiger partial charge in [0.1, 0.15) is 11.6 Å². The van der Waals surface area contributed by atoms with Gasteiger partial charge >= 0.3 is 0 Å². The number of hydrogen-bond donors (Lipinski definition) is 1. The number of rotatable bonds is 5. The van der Waals surface area contributed by atoms with Crippen LogP contribution in [-0.4, -0.2) is 35.8 Å². The molecular formula is C14H23N3O2. The largest absolute Gasteiger partial charge is 0.481 e. The summed E-state index contributed by atoms with van der Waals surface area (Å²) in [5.41, 5.74) is 0.113. The second-order valence-electron chi connectivity index (χ2n) is 5.54. The molecule has 1 aliphatic rings. The Morgan fingerprint density at radius 1 is 1.42 bits per heavy atom. The van der Waals surface area contributed by atoms with Gasteiger partial charge in [-0.1, -0.05) is 13.8 Å². The molecule has 2 unspecified atom stereocenters.